The predicted octanol–water partition coefficient (Wildman–Crippen LogP) is 2.27. The van der Waals surface area contributed by atoms with Crippen molar-refractivity contribution >= 4 is 23.4 Å². The van der Waals surface area contributed by atoms with E-state index in [1.54, 1.807) is 6.07 Å². The van der Waals surface area contributed by atoms with E-state index in [2.05, 4.69) is 22.2 Å². The summed E-state index contributed by atoms with van der Waals surface area (Å²) in [5.74, 6) is 0.227. The molecular formula is C11H16ClN3O2. The van der Waals surface area contributed by atoms with Gasteiger partial charge in [0.2, 0.25) is 5.28 Å². The molecule has 0 amide bonds. The van der Waals surface area contributed by atoms with Crippen molar-refractivity contribution in [3.8, 4) is 0 Å². The molecule has 0 aliphatic carbocycles. The van der Waals surface area contributed by atoms with Gasteiger partial charge in [-0.05, 0) is 24.1 Å². The molecule has 6 heteroatoms. The molecule has 0 aliphatic heterocycles. The molecular weight excluding hydrogens is 242 g/mol. The molecule has 1 unspecified atom stereocenters. The smallest absolute Gasteiger partial charge is 0.328 e. The highest BCUT2D eigenvalue weighted by atomic mass is 35.5. The monoisotopic (exact) mass is 257 g/mol. The number of halogens is 1. The minimum absolute atomic E-state index is 0.147. The highest BCUT2D eigenvalue weighted by Crippen LogP contribution is 2.11. The average Bonchev–Trinajstić information content (AvgIpc) is 2.33. The molecule has 0 saturated carbocycles. The second-order valence-electron chi connectivity index (χ2n) is 3.57. The van der Waals surface area contributed by atoms with E-state index in [9.17, 15) is 4.79 Å². The van der Waals surface area contributed by atoms with E-state index in [0.717, 1.165) is 12.8 Å². The lowest BCUT2D eigenvalue weighted by molar-refractivity contribution is -0.141. The predicted molar refractivity (Wildman–Crippen MR) is 66.0 cm³/mol. The first-order valence-corrected chi connectivity index (χ1v) is 5.88. The van der Waals surface area contributed by atoms with Crippen LogP contribution in [0.2, 0.25) is 5.28 Å². The van der Waals surface area contributed by atoms with Crippen molar-refractivity contribution in [2.75, 3.05) is 12.4 Å². The lowest BCUT2D eigenvalue weighted by atomic mass is 10.1. The van der Waals surface area contributed by atoms with Crippen LogP contribution in [0, 0.1) is 0 Å². The molecule has 0 bridgehead atoms. The number of nitrogens with one attached hydrogen (secondary N) is 1. The number of hydrogen-bond acceptors (Lipinski definition) is 5. The quantitative estimate of drug-likeness (QED) is 0.626. The van der Waals surface area contributed by atoms with Crippen LogP contribution in [0.1, 0.15) is 26.2 Å². The maximum absolute atomic E-state index is 11.5. The molecule has 94 valence electrons. The van der Waals surface area contributed by atoms with Crippen molar-refractivity contribution < 1.29 is 9.53 Å². The van der Waals surface area contributed by atoms with Crippen molar-refractivity contribution in [3.05, 3.63) is 17.5 Å². The Labute approximate surface area is 106 Å². The molecule has 1 atom stereocenters. The summed E-state index contributed by atoms with van der Waals surface area (Å²) >= 11 is 5.67. The summed E-state index contributed by atoms with van der Waals surface area (Å²) in [6.45, 7) is 2.07. The largest absolute Gasteiger partial charge is 0.467 e. The van der Waals surface area contributed by atoms with Crippen molar-refractivity contribution in [2.45, 2.75) is 32.2 Å². The Morgan fingerprint density at radius 3 is 3.00 bits per heavy atom. The summed E-state index contributed by atoms with van der Waals surface area (Å²) in [6.07, 6.45) is 4.18. The van der Waals surface area contributed by atoms with Crippen LogP contribution in [0.5, 0.6) is 0 Å². The summed E-state index contributed by atoms with van der Waals surface area (Å²) in [5, 5.41) is 3.14. The molecule has 1 heterocycles. The number of unbranched alkanes of at least 4 members (excludes halogenated alkanes) is 1. The summed E-state index contributed by atoms with van der Waals surface area (Å²) in [4.78, 5) is 19.3. The highest BCUT2D eigenvalue weighted by molar-refractivity contribution is 6.28. The fraction of sp³-hybridized carbons (Fsp3) is 0.545. The van der Waals surface area contributed by atoms with Gasteiger partial charge in [-0.15, -0.1) is 0 Å². The number of anilines is 1. The first-order valence-electron chi connectivity index (χ1n) is 5.50. The zero-order valence-corrected chi connectivity index (χ0v) is 10.7. The van der Waals surface area contributed by atoms with E-state index in [-0.39, 0.29) is 11.3 Å². The molecule has 0 saturated heterocycles. The van der Waals surface area contributed by atoms with Gasteiger partial charge in [0, 0.05) is 6.20 Å². The molecule has 0 radical (unpaired) electrons. The maximum Gasteiger partial charge on any atom is 0.328 e. The fourth-order valence-corrected chi connectivity index (χ4v) is 1.54. The van der Waals surface area contributed by atoms with Crippen LogP contribution < -0.4 is 5.32 Å². The second-order valence-corrected chi connectivity index (χ2v) is 3.91. The highest BCUT2D eigenvalue weighted by Gasteiger charge is 2.18. The summed E-state index contributed by atoms with van der Waals surface area (Å²) in [7, 11) is 1.37. The first-order chi connectivity index (χ1) is 8.17. The summed E-state index contributed by atoms with van der Waals surface area (Å²) < 4.78 is 4.73. The maximum atomic E-state index is 11.5. The lowest BCUT2D eigenvalue weighted by Gasteiger charge is -2.16. The van der Waals surface area contributed by atoms with E-state index in [0.29, 0.717) is 12.2 Å². The minimum Gasteiger partial charge on any atom is -0.467 e. The lowest BCUT2D eigenvalue weighted by Crippen LogP contribution is -2.31. The zero-order chi connectivity index (χ0) is 12.7. The van der Waals surface area contributed by atoms with Crippen LogP contribution in [-0.4, -0.2) is 29.1 Å². The number of carbonyl (C=O) groups is 1. The molecule has 5 nitrogen and oxygen atoms in total. The first kappa shape index (κ1) is 13.7. The number of carbonyl (C=O) groups excluding carboxylic acids is 1. The molecule has 1 aromatic rings. The SMILES string of the molecule is CCCCC(Nc1ccnc(Cl)n1)C(=O)OC. The van der Waals surface area contributed by atoms with Gasteiger partial charge in [-0.3, -0.25) is 0 Å². The third kappa shape index (κ3) is 4.56. The van der Waals surface area contributed by atoms with Crippen LogP contribution >= 0.6 is 11.6 Å². The van der Waals surface area contributed by atoms with Crippen LogP contribution in [0.25, 0.3) is 0 Å². The number of methoxy groups -OCH3 is 1. The number of nitrogens with zero attached hydrogens (tertiary/aromatic N) is 2. The van der Waals surface area contributed by atoms with E-state index in [4.69, 9.17) is 16.3 Å². The minimum atomic E-state index is -0.397. The number of aromatic nitrogens is 2. The zero-order valence-electron chi connectivity index (χ0n) is 9.94. The molecule has 0 spiro atoms. The Morgan fingerprint density at radius 2 is 2.41 bits per heavy atom. The fourth-order valence-electron chi connectivity index (χ4n) is 1.39. The van der Waals surface area contributed by atoms with E-state index in [1.807, 2.05) is 0 Å². The Kier molecular flexibility index (Phi) is 5.69. The third-order valence-electron chi connectivity index (χ3n) is 2.28. The van der Waals surface area contributed by atoms with E-state index >= 15 is 0 Å². The molecule has 1 N–H and O–H groups in total. The van der Waals surface area contributed by atoms with Gasteiger partial charge in [-0.25, -0.2) is 14.8 Å². The Balaban J connectivity index is 2.68. The average molecular weight is 258 g/mol. The summed E-state index contributed by atoms with van der Waals surface area (Å²) in [5.41, 5.74) is 0. The number of ether oxygens (including phenoxy) is 1. The van der Waals surface area contributed by atoms with E-state index in [1.165, 1.54) is 13.3 Å². The van der Waals surface area contributed by atoms with Crippen LogP contribution in [0.3, 0.4) is 0 Å². The van der Waals surface area contributed by atoms with Crippen molar-refractivity contribution in [2.24, 2.45) is 0 Å². The van der Waals surface area contributed by atoms with Crippen molar-refractivity contribution in [1.82, 2.24) is 9.97 Å². The van der Waals surface area contributed by atoms with Crippen LogP contribution in [0.4, 0.5) is 5.82 Å². The van der Waals surface area contributed by atoms with Gasteiger partial charge in [0.15, 0.2) is 0 Å². The van der Waals surface area contributed by atoms with Crippen LogP contribution in [0.15, 0.2) is 12.3 Å². The Morgan fingerprint density at radius 1 is 1.65 bits per heavy atom. The van der Waals surface area contributed by atoms with Gasteiger partial charge in [0.05, 0.1) is 7.11 Å². The van der Waals surface area contributed by atoms with E-state index < -0.39 is 6.04 Å². The van der Waals surface area contributed by atoms with Gasteiger partial charge >= 0.3 is 5.97 Å². The molecule has 1 aromatic heterocycles. The molecule has 17 heavy (non-hydrogen) atoms. The normalized spacial score (nSPS) is 11.9. The number of hydrogen-bond donors (Lipinski definition) is 1. The Hall–Kier alpha value is -1.36. The molecule has 0 aromatic carbocycles. The van der Waals surface area contributed by atoms with Crippen molar-refractivity contribution in [1.29, 1.82) is 0 Å². The second kappa shape index (κ2) is 7.06. The summed E-state index contributed by atoms with van der Waals surface area (Å²) in [6, 6.07) is 1.26. The standard InChI is InChI=1S/C11H16ClN3O2/c1-3-4-5-8(10(16)17-2)14-9-6-7-13-11(12)15-9/h6-8H,3-5H2,1-2H3,(H,13,14,15). The third-order valence-corrected chi connectivity index (χ3v) is 2.46. The molecule has 0 aliphatic rings. The van der Waals surface area contributed by atoms with Gasteiger partial charge in [-0.1, -0.05) is 19.8 Å². The van der Waals surface area contributed by atoms with Gasteiger partial charge in [0.25, 0.3) is 0 Å². The van der Waals surface area contributed by atoms with Gasteiger partial charge < -0.3 is 10.1 Å². The Bertz CT molecular complexity index is 373. The van der Waals surface area contributed by atoms with Gasteiger partial charge in [0.1, 0.15) is 11.9 Å². The molecule has 0 fully saturated rings. The topological polar surface area (TPSA) is 64.1 Å². The van der Waals surface area contributed by atoms with Gasteiger partial charge in [-0.2, -0.15) is 0 Å². The number of esters is 1. The molecule has 1 rings (SSSR count). The number of rotatable bonds is 6. The van der Waals surface area contributed by atoms with Crippen molar-refractivity contribution in [3.63, 3.8) is 0 Å². The van der Waals surface area contributed by atoms with Crippen LogP contribution in [-0.2, 0) is 9.53 Å².